The minimum absolute atomic E-state index is 0.0694. The van der Waals surface area contributed by atoms with Crippen molar-refractivity contribution in [2.24, 2.45) is 0 Å². The van der Waals surface area contributed by atoms with E-state index in [1.165, 1.54) is 16.9 Å². The fraction of sp³-hybridized carbons (Fsp3) is 0.381. The largest absolute Gasteiger partial charge is 0.372 e. The monoisotopic (exact) mass is 337 g/mol. The van der Waals surface area contributed by atoms with Crippen LogP contribution in [0.5, 0.6) is 0 Å². The molecule has 0 saturated carbocycles. The Morgan fingerprint density at radius 3 is 2.52 bits per heavy atom. The lowest BCUT2D eigenvalue weighted by atomic mass is 10.2. The minimum atomic E-state index is 0.0694. The summed E-state index contributed by atoms with van der Waals surface area (Å²) in [6.07, 6.45) is 1.58. The summed E-state index contributed by atoms with van der Waals surface area (Å²) in [6.45, 7) is 8.04. The molecule has 4 heteroatoms. The number of carbonyl (C=O) groups excluding carboxylic acids is 1. The highest BCUT2D eigenvalue weighted by molar-refractivity contribution is 5.91. The summed E-state index contributed by atoms with van der Waals surface area (Å²) in [5, 5.41) is 3.01. The van der Waals surface area contributed by atoms with E-state index in [0.717, 1.165) is 38.3 Å². The highest BCUT2D eigenvalue weighted by atomic mass is 16.1. The van der Waals surface area contributed by atoms with Crippen LogP contribution in [0.3, 0.4) is 0 Å². The summed E-state index contributed by atoms with van der Waals surface area (Å²) in [5.74, 6) is 0.0694. The van der Waals surface area contributed by atoms with Gasteiger partial charge in [-0.2, -0.15) is 0 Å². The van der Waals surface area contributed by atoms with Gasteiger partial charge in [-0.15, -0.1) is 0 Å². The Bertz CT molecular complexity index is 707. The second-order valence-corrected chi connectivity index (χ2v) is 6.38. The Kier molecular flexibility index (Phi) is 5.59. The smallest absolute Gasteiger partial charge is 0.226 e. The van der Waals surface area contributed by atoms with Crippen molar-refractivity contribution in [1.29, 1.82) is 0 Å². The van der Waals surface area contributed by atoms with Gasteiger partial charge in [0.15, 0.2) is 0 Å². The van der Waals surface area contributed by atoms with Gasteiger partial charge in [0.1, 0.15) is 0 Å². The number of nitrogens with one attached hydrogen (secondary N) is 1. The Hall–Kier alpha value is -2.49. The molecule has 0 saturated heterocycles. The molecule has 0 spiro atoms. The summed E-state index contributed by atoms with van der Waals surface area (Å²) in [7, 11) is 0. The molecule has 1 aliphatic rings. The van der Waals surface area contributed by atoms with Gasteiger partial charge in [0.05, 0.1) is 0 Å². The van der Waals surface area contributed by atoms with Crippen molar-refractivity contribution in [1.82, 2.24) is 0 Å². The molecule has 4 nitrogen and oxygen atoms in total. The molecule has 3 rings (SSSR count). The predicted octanol–water partition coefficient (Wildman–Crippen LogP) is 3.92. The van der Waals surface area contributed by atoms with Gasteiger partial charge in [0, 0.05) is 49.7 Å². The number of carbonyl (C=O) groups is 1. The molecule has 2 aromatic rings. The van der Waals surface area contributed by atoms with Crippen molar-refractivity contribution in [2.45, 2.75) is 26.7 Å². The van der Waals surface area contributed by atoms with Crippen LogP contribution in [0.2, 0.25) is 0 Å². The van der Waals surface area contributed by atoms with E-state index in [9.17, 15) is 4.79 Å². The number of rotatable bonds is 7. The normalized spacial score (nSPS) is 12.8. The molecular formula is C21H27N3O. The molecule has 1 heterocycles. The average molecular weight is 337 g/mol. The van der Waals surface area contributed by atoms with E-state index >= 15 is 0 Å². The molecule has 0 radical (unpaired) electrons. The molecule has 0 aromatic heterocycles. The zero-order valence-electron chi connectivity index (χ0n) is 15.2. The van der Waals surface area contributed by atoms with Crippen molar-refractivity contribution >= 4 is 23.0 Å². The van der Waals surface area contributed by atoms with Crippen LogP contribution >= 0.6 is 0 Å². The quantitative estimate of drug-likeness (QED) is 0.832. The molecule has 2 aromatic carbocycles. The van der Waals surface area contributed by atoms with Crippen molar-refractivity contribution < 1.29 is 4.79 Å². The first kappa shape index (κ1) is 17.3. The zero-order valence-corrected chi connectivity index (χ0v) is 15.2. The SMILES string of the molecule is CCN(CC)c1ccc(NC(=O)CCN2CCc3ccccc32)cc1. The molecule has 1 N–H and O–H groups in total. The van der Waals surface area contributed by atoms with Crippen LogP contribution in [0.4, 0.5) is 17.1 Å². The summed E-state index contributed by atoms with van der Waals surface area (Å²) in [6, 6.07) is 16.6. The Morgan fingerprint density at radius 1 is 1.08 bits per heavy atom. The molecule has 132 valence electrons. The summed E-state index contributed by atoms with van der Waals surface area (Å²) in [4.78, 5) is 16.9. The molecule has 0 aliphatic carbocycles. The van der Waals surface area contributed by atoms with Crippen LogP contribution in [0, 0.1) is 0 Å². The number of hydrogen-bond donors (Lipinski definition) is 1. The van der Waals surface area contributed by atoms with Gasteiger partial charge >= 0.3 is 0 Å². The Morgan fingerprint density at radius 2 is 1.80 bits per heavy atom. The van der Waals surface area contributed by atoms with Crippen molar-refractivity contribution in [3.8, 4) is 0 Å². The van der Waals surface area contributed by atoms with E-state index < -0.39 is 0 Å². The Labute approximate surface area is 150 Å². The van der Waals surface area contributed by atoms with Gasteiger partial charge in [-0.3, -0.25) is 4.79 Å². The fourth-order valence-electron chi connectivity index (χ4n) is 3.44. The second-order valence-electron chi connectivity index (χ2n) is 6.38. The zero-order chi connectivity index (χ0) is 17.6. The maximum atomic E-state index is 12.3. The van der Waals surface area contributed by atoms with Crippen LogP contribution in [-0.4, -0.2) is 32.1 Å². The van der Waals surface area contributed by atoms with Crippen molar-refractivity contribution in [3.63, 3.8) is 0 Å². The Balaban J connectivity index is 1.51. The van der Waals surface area contributed by atoms with Crippen LogP contribution < -0.4 is 15.1 Å². The summed E-state index contributed by atoms with van der Waals surface area (Å²) >= 11 is 0. The highest BCUT2D eigenvalue weighted by Gasteiger charge is 2.18. The molecule has 0 unspecified atom stereocenters. The third-order valence-electron chi connectivity index (χ3n) is 4.87. The maximum Gasteiger partial charge on any atom is 0.226 e. The lowest BCUT2D eigenvalue weighted by molar-refractivity contribution is -0.116. The highest BCUT2D eigenvalue weighted by Crippen LogP contribution is 2.27. The maximum absolute atomic E-state index is 12.3. The molecule has 0 bridgehead atoms. The first-order valence-corrected chi connectivity index (χ1v) is 9.19. The lowest BCUT2D eigenvalue weighted by Gasteiger charge is -2.21. The van der Waals surface area contributed by atoms with Crippen molar-refractivity contribution in [3.05, 3.63) is 54.1 Å². The summed E-state index contributed by atoms with van der Waals surface area (Å²) < 4.78 is 0. The van der Waals surface area contributed by atoms with E-state index in [-0.39, 0.29) is 5.91 Å². The fourth-order valence-corrected chi connectivity index (χ4v) is 3.44. The van der Waals surface area contributed by atoms with Gasteiger partial charge in [-0.1, -0.05) is 18.2 Å². The van der Waals surface area contributed by atoms with E-state index in [4.69, 9.17) is 0 Å². The average Bonchev–Trinajstić information content (AvgIpc) is 3.06. The number of nitrogens with zero attached hydrogens (tertiary/aromatic N) is 2. The molecule has 1 aliphatic heterocycles. The third-order valence-corrected chi connectivity index (χ3v) is 4.87. The van der Waals surface area contributed by atoms with Crippen LogP contribution in [0.15, 0.2) is 48.5 Å². The standard InChI is InChI=1S/C21H27N3O/c1-3-23(4-2)19-11-9-18(10-12-19)22-21(25)14-16-24-15-13-17-7-5-6-8-20(17)24/h5-12H,3-4,13-16H2,1-2H3,(H,22,25). The van der Waals surface area contributed by atoms with Gasteiger partial charge < -0.3 is 15.1 Å². The van der Waals surface area contributed by atoms with Crippen LogP contribution in [0.1, 0.15) is 25.8 Å². The first-order chi connectivity index (χ1) is 12.2. The number of hydrogen-bond acceptors (Lipinski definition) is 3. The summed E-state index contributed by atoms with van der Waals surface area (Å²) in [5.41, 5.74) is 4.72. The van der Waals surface area contributed by atoms with Gasteiger partial charge in [0.2, 0.25) is 5.91 Å². The van der Waals surface area contributed by atoms with Gasteiger partial charge in [-0.05, 0) is 56.2 Å². The van der Waals surface area contributed by atoms with E-state index in [2.05, 4.69) is 65.4 Å². The molecule has 1 amide bonds. The number of benzene rings is 2. The van der Waals surface area contributed by atoms with Crippen LogP contribution in [0.25, 0.3) is 0 Å². The van der Waals surface area contributed by atoms with Crippen LogP contribution in [-0.2, 0) is 11.2 Å². The number of para-hydroxylation sites is 1. The number of fused-ring (bicyclic) bond motifs is 1. The first-order valence-electron chi connectivity index (χ1n) is 9.19. The minimum Gasteiger partial charge on any atom is -0.372 e. The lowest BCUT2D eigenvalue weighted by Crippen LogP contribution is -2.26. The van der Waals surface area contributed by atoms with E-state index in [1.807, 2.05) is 12.1 Å². The molecule has 0 fully saturated rings. The number of amides is 1. The molecule has 25 heavy (non-hydrogen) atoms. The third kappa shape index (κ3) is 4.13. The second kappa shape index (κ2) is 8.06. The van der Waals surface area contributed by atoms with Gasteiger partial charge in [0.25, 0.3) is 0 Å². The topological polar surface area (TPSA) is 35.6 Å². The number of anilines is 3. The predicted molar refractivity (Wildman–Crippen MR) is 106 cm³/mol. The van der Waals surface area contributed by atoms with E-state index in [0.29, 0.717) is 6.42 Å². The molecular weight excluding hydrogens is 310 g/mol. The van der Waals surface area contributed by atoms with Crippen molar-refractivity contribution in [2.75, 3.05) is 41.3 Å². The van der Waals surface area contributed by atoms with Gasteiger partial charge in [-0.25, -0.2) is 0 Å². The van der Waals surface area contributed by atoms with E-state index in [1.54, 1.807) is 0 Å². The molecule has 0 atom stereocenters.